The summed E-state index contributed by atoms with van der Waals surface area (Å²) in [5, 5.41) is 0. The zero-order valence-corrected chi connectivity index (χ0v) is 11.0. The van der Waals surface area contributed by atoms with E-state index in [9.17, 15) is 9.59 Å². The first-order valence-corrected chi connectivity index (χ1v) is 6.31. The largest absolute Gasteiger partial charge is 0.465 e. The second-order valence-electron chi connectivity index (χ2n) is 3.39. The molecule has 0 unspecified atom stereocenters. The Bertz CT molecular complexity index is 379. The molecule has 0 bridgehead atoms. The van der Waals surface area contributed by atoms with Gasteiger partial charge in [-0.15, -0.1) is 11.3 Å². The third-order valence-corrected chi connectivity index (χ3v) is 3.16. The van der Waals surface area contributed by atoms with Crippen LogP contribution in [-0.4, -0.2) is 25.2 Å². The highest BCUT2D eigenvalue weighted by Crippen LogP contribution is 2.26. The molecule has 0 aliphatic rings. The van der Waals surface area contributed by atoms with Gasteiger partial charge in [-0.3, -0.25) is 9.59 Å². The lowest BCUT2D eigenvalue weighted by Gasteiger charge is -2.12. The van der Waals surface area contributed by atoms with Crippen LogP contribution in [0.2, 0.25) is 0 Å². The lowest BCUT2D eigenvalue weighted by Crippen LogP contribution is -2.25. The minimum Gasteiger partial charge on any atom is -0.465 e. The minimum atomic E-state index is -0.950. The monoisotopic (exact) mass is 256 g/mol. The molecule has 0 saturated carbocycles. The van der Waals surface area contributed by atoms with Crippen molar-refractivity contribution in [2.75, 3.05) is 13.2 Å². The van der Waals surface area contributed by atoms with Crippen LogP contribution in [0.3, 0.4) is 0 Å². The molecule has 0 radical (unpaired) electrons. The Morgan fingerprint density at radius 3 is 2.06 bits per heavy atom. The van der Waals surface area contributed by atoms with Gasteiger partial charge in [0.2, 0.25) is 0 Å². The average molecular weight is 256 g/mol. The highest BCUT2D eigenvalue weighted by atomic mass is 32.1. The van der Waals surface area contributed by atoms with Crippen molar-refractivity contribution in [2.24, 2.45) is 0 Å². The summed E-state index contributed by atoms with van der Waals surface area (Å²) in [4.78, 5) is 25.2. The van der Waals surface area contributed by atoms with Gasteiger partial charge in [-0.05, 0) is 32.9 Å². The molecule has 94 valence electrons. The number of rotatable bonds is 5. The van der Waals surface area contributed by atoms with Crippen LogP contribution in [-0.2, 0) is 19.1 Å². The van der Waals surface area contributed by atoms with Gasteiger partial charge in [0.25, 0.3) is 0 Å². The summed E-state index contributed by atoms with van der Waals surface area (Å²) >= 11 is 1.40. The minimum absolute atomic E-state index is 0.249. The van der Waals surface area contributed by atoms with Crippen molar-refractivity contribution >= 4 is 23.3 Å². The second-order valence-corrected chi connectivity index (χ2v) is 4.71. The number of hydrogen-bond acceptors (Lipinski definition) is 5. The molecule has 0 N–H and O–H groups in total. The van der Waals surface area contributed by atoms with Crippen molar-refractivity contribution in [3.63, 3.8) is 0 Å². The lowest BCUT2D eigenvalue weighted by molar-refractivity contribution is -0.156. The average Bonchev–Trinajstić information content (AvgIpc) is 2.66. The molecule has 0 aromatic carbocycles. The van der Waals surface area contributed by atoms with Gasteiger partial charge in [0.05, 0.1) is 13.2 Å². The summed E-state index contributed by atoms with van der Waals surface area (Å²) in [6, 6.07) is 3.63. The molecule has 5 heteroatoms. The third-order valence-electron chi connectivity index (χ3n) is 2.09. The van der Waals surface area contributed by atoms with Crippen molar-refractivity contribution in [3.8, 4) is 0 Å². The molecule has 0 fully saturated rings. The van der Waals surface area contributed by atoms with Crippen LogP contribution in [0.15, 0.2) is 12.1 Å². The molecule has 1 rings (SSSR count). The molecule has 1 aromatic rings. The van der Waals surface area contributed by atoms with Crippen molar-refractivity contribution in [1.29, 1.82) is 0 Å². The molecular formula is C12H16O4S. The maximum atomic E-state index is 11.8. The van der Waals surface area contributed by atoms with E-state index in [1.807, 2.05) is 13.0 Å². The summed E-state index contributed by atoms with van der Waals surface area (Å²) in [5.41, 5.74) is 0. The first-order chi connectivity index (χ1) is 8.10. The normalized spacial score (nSPS) is 10.4. The van der Waals surface area contributed by atoms with Gasteiger partial charge in [0.15, 0.2) is 5.92 Å². The predicted molar refractivity (Wildman–Crippen MR) is 65.1 cm³/mol. The number of ether oxygens (including phenoxy) is 2. The Labute approximate surface area is 105 Å². The van der Waals surface area contributed by atoms with Gasteiger partial charge >= 0.3 is 11.9 Å². The molecule has 0 spiro atoms. The van der Waals surface area contributed by atoms with Gasteiger partial charge in [0.1, 0.15) is 0 Å². The first kappa shape index (κ1) is 13.7. The van der Waals surface area contributed by atoms with Gasteiger partial charge in [-0.25, -0.2) is 0 Å². The van der Waals surface area contributed by atoms with E-state index in [-0.39, 0.29) is 13.2 Å². The molecule has 4 nitrogen and oxygen atoms in total. The van der Waals surface area contributed by atoms with E-state index in [4.69, 9.17) is 9.47 Å². The first-order valence-electron chi connectivity index (χ1n) is 5.49. The van der Waals surface area contributed by atoms with Crippen LogP contribution in [0, 0.1) is 6.92 Å². The van der Waals surface area contributed by atoms with E-state index in [2.05, 4.69) is 0 Å². The Hall–Kier alpha value is -1.36. The Kier molecular flexibility index (Phi) is 5.15. The topological polar surface area (TPSA) is 52.6 Å². The van der Waals surface area contributed by atoms with Crippen molar-refractivity contribution < 1.29 is 19.1 Å². The van der Waals surface area contributed by atoms with Crippen molar-refractivity contribution in [2.45, 2.75) is 26.7 Å². The fraction of sp³-hybridized carbons (Fsp3) is 0.500. The van der Waals surface area contributed by atoms with Crippen LogP contribution in [0.4, 0.5) is 0 Å². The van der Waals surface area contributed by atoms with E-state index in [0.717, 1.165) is 4.88 Å². The van der Waals surface area contributed by atoms with Gasteiger partial charge in [0, 0.05) is 9.75 Å². The Morgan fingerprint density at radius 2 is 1.71 bits per heavy atom. The predicted octanol–water partition coefficient (Wildman–Crippen LogP) is 2.27. The Morgan fingerprint density at radius 1 is 1.18 bits per heavy atom. The highest BCUT2D eigenvalue weighted by Gasteiger charge is 2.32. The number of carbonyl (C=O) groups excluding carboxylic acids is 2. The van der Waals surface area contributed by atoms with Gasteiger partial charge in [-0.1, -0.05) is 0 Å². The number of esters is 2. The molecular weight excluding hydrogens is 240 g/mol. The fourth-order valence-electron chi connectivity index (χ4n) is 1.39. The standard InChI is InChI=1S/C12H16O4S/c1-4-15-11(13)10(12(14)16-5-2)9-7-6-8(3)17-9/h6-7,10H,4-5H2,1-3H3. The van der Waals surface area contributed by atoms with Crippen LogP contribution in [0.1, 0.15) is 29.5 Å². The van der Waals surface area contributed by atoms with Crippen LogP contribution in [0.5, 0.6) is 0 Å². The van der Waals surface area contributed by atoms with Crippen LogP contribution in [0.25, 0.3) is 0 Å². The molecule has 0 aliphatic heterocycles. The number of aryl methyl sites for hydroxylation is 1. The lowest BCUT2D eigenvalue weighted by atomic mass is 10.1. The van der Waals surface area contributed by atoms with Gasteiger partial charge in [-0.2, -0.15) is 0 Å². The summed E-state index contributed by atoms with van der Waals surface area (Å²) in [5.74, 6) is -2.05. The molecule has 0 aliphatic carbocycles. The maximum Gasteiger partial charge on any atom is 0.325 e. The van der Waals surface area contributed by atoms with E-state index in [0.29, 0.717) is 4.88 Å². The molecule has 1 heterocycles. The zero-order chi connectivity index (χ0) is 12.8. The number of carbonyl (C=O) groups is 2. The number of thiophene rings is 1. The Balaban J connectivity index is 2.93. The summed E-state index contributed by atoms with van der Waals surface area (Å²) in [6.45, 7) is 5.83. The molecule has 0 saturated heterocycles. The van der Waals surface area contributed by atoms with Crippen molar-refractivity contribution in [1.82, 2.24) is 0 Å². The molecule has 0 atom stereocenters. The van der Waals surface area contributed by atoms with Crippen molar-refractivity contribution in [3.05, 3.63) is 21.9 Å². The third kappa shape index (κ3) is 3.56. The van der Waals surface area contributed by atoms with E-state index in [1.165, 1.54) is 11.3 Å². The van der Waals surface area contributed by atoms with Crippen LogP contribution < -0.4 is 0 Å². The summed E-state index contributed by atoms with van der Waals surface area (Å²) in [7, 11) is 0. The van der Waals surface area contributed by atoms with Gasteiger partial charge < -0.3 is 9.47 Å². The van der Waals surface area contributed by atoms with E-state index < -0.39 is 17.9 Å². The fourth-order valence-corrected chi connectivity index (χ4v) is 2.34. The highest BCUT2D eigenvalue weighted by molar-refractivity contribution is 7.12. The van der Waals surface area contributed by atoms with Crippen LogP contribution >= 0.6 is 11.3 Å². The molecule has 0 amide bonds. The van der Waals surface area contributed by atoms with E-state index >= 15 is 0 Å². The molecule has 17 heavy (non-hydrogen) atoms. The SMILES string of the molecule is CCOC(=O)C(C(=O)OCC)c1ccc(C)s1. The summed E-state index contributed by atoms with van der Waals surface area (Å²) in [6.07, 6.45) is 0. The quantitative estimate of drug-likeness (QED) is 0.599. The maximum absolute atomic E-state index is 11.8. The number of hydrogen-bond donors (Lipinski definition) is 0. The second kappa shape index (κ2) is 6.39. The summed E-state index contributed by atoms with van der Waals surface area (Å²) < 4.78 is 9.80. The molecule has 1 aromatic heterocycles. The zero-order valence-electron chi connectivity index (χ0n) is 10.2. The van der Waals surface area contributed by atoms with E-state index in [1.54, 1.807) is 19.9 Å². The smallest absolute Gasteiger partial charge is 0.325 e.